The van der Waals surface area contributed by atoms with E-state index in [4.69, 9.17) is 16.2 Å². The van der Waals surface area contributed by atoms with E-state index in [1.54, 1.807) is 20.8 Å². The zero-order chi connectivity index (χ0) is 16.6. The van der Waals surface area contributed by atoms with Crippen LogP contribution in [0.1, 0.15) is 27.2 Å². The third-order valence-electron chi connectivity index (χ3n) is 2.15. The molecule has 21 heavy (non-hydrogen) atoms. The number of aliphatic hydroxyl groups excluding tert-OH is 1. The lowest BCUT2D eigenvalue weighted by Crippen LogP contribution is -2.47. The molecule has 0 heterocycles. The predicted molar refractivity (Wildman–Crippen MR) is 75.0 cm³/mol. The highest BCUT2D eigenvalue weighted by Crippen LogP contribution is 2.06. The second-order valence-corrected chi connectivity index (χ2v) is 5.56. The number of alkyl carbamates (subject to hydrolysis) is 1. The summed E-state index contributed by atoms with van der Waals surface area (Å²) in [6.45, 7) is 4.91. The molecule has 0 aromatic heterocycles. The first-order valence-electron chi connectivity index (χ1n) is 6.47. The van der Waals surface area contributed by atoms with Crippen molar-refractivity contribution in [2.24, 2.45) is 11.5 Å². The fourth-order valence-corrected chi connectivity index (χ4v) is 1.25. The van der Waals surface area contributed by atoms with Gasteiger partial charge < -0.3 is 31.9 Å². The molecule has 0 aliphatic rings. The average molecular weight is 304 g/mol. The number of ether oxygens (including phenoxy) is 1. The first-order chi connectivity index (χ1) is 9.51. The average Bonchev–Trinajstić information content (AvgIpc) is 2.30. The molecule has 1 unspecified atom stereocenters. The zero-order valence-electron chi connectivity index (χ0n) is 12.5. The smallest absolute Gasteiger partial charge is 0.407 e. The Morgan fingerprint density at radius 1 is 1.19 bits per heavy atom. The first-order valence-corrected chi connectivity index (χ1v) is 6.47. The van der Waals surface area contributed by atoms with Gasteiger partial charge in [-0.15, -0.1) is 0 Å². The largest absolute Gasteiger partial charge is 0.444 e. The Labute approximate surface area is 123 Å². The molecule has 2 atom stereocenters. The Balaban J connectivity index is 3.95. The molecule has 0 fully saturated rings. The number of hydrogen-bond acceptors (Lipinski definition) is 6. The summed E-state index contributed by atoms with van der Waals surface area (Å²) in [7, 11) is 0. The van der Waals surface area contributed by atoms with E-state index in [0.717, 1.165) is 0 Å². The molecule has 7 N–H and O–H groups in total. The number of nitrogens with one attached hydrogen (secondary N) is 2. The Bertz CT molecular complexity index is 380. The second kappa shape index (κ2) is 8.42. The van der Waals surface area contributed by atoms with Crippen LogP contribution in [0.25, 0.3) is 0 Å². The van der Waals surface area contributed by atoms with Gasteiger partial charge in [-0.3, -0.25) is 9.59 Å². The molecule has 0 rings (SSSR count). The van der Waals surface area contributed by atoms with Crippen LogP contribution in [0.4, 0.5) is 4.79 Å². The van der Waals surface area contributed by atoms with Crippen molar-refractivity contribution in [1.82, 2.24) is 10.6 Å². The maximum atomic E-state index is 11.4. The highest BCUT2D eigenvalue weighted by Gasteiger charge is 2.18. The maximum Gasteiger partial charge on any atom is 0.407 e. The molecule has 0 aliphatic heterocycles. The van der Waals surface area contributed by atoms with Crippen LogP contribution in [0.15, 0.2) is 0 Å². The number of carbonyl (C=O) groups is 3. The van der Waals surface area contributed by atoms with Crippen LogP contribution in [0.5, 0.6) is 0 Å². The molecular formula is C12H24N4O5. The minimum atomic E-state index is -1.06. The van der Waals surface area contributed by atoms with Gasteiger partial charge in [-0.05, 0) is 20.8 Å². The number of hydrogen-bond donors (Lipinski definition) is 5. The lowest BCUT2D eigenvalue weighted by atomic mass is 10.2. The Morgan fingerprint density at radius 3 is 2.19 bits per heavy atom. The summed E-state index contributed by atoms with van der Waals surface area (Å²) in [6.07, 6.45) is -1.96. The summed E-state index contributed by atoms with van der Waals surface area (Å²) < 4.78 is 4.98. The Kier molecular flexibility index (Phi) is 7.67. The van der Waals surface area contributed by atoms with Crippen molar-refractivity contribution in [2.75, 3.05) is 13.1 Å². The van der Waals surface area contributed by atoms with Gasteiger partial charge in [0, 0.05) is 13.1 Å². The quantitative estimate of drug-likeness (QED) is 0.373. The molecule has 122 valence electrons. The summed E-state index contributed by atoms with van der Waals surface area (Å²) in [5.74, 6) is -1.30. The van der Waals surface area contributed by atoms with Gasteiger partial charge in [0.25, 0.3) is 0 Å². The van der Waals surface area contributed by atoms with Crippen molar-refractivity contribution < 1.29 is 24.2 Å². The van der Waals surface area contributed by atoms with Gasteiger partial charge in [-0.1, -0.05) is 0 Å². The second-order valence-electron chi connectivity index (χ2n) is 5.56. The molecule has 0 saturated heterocycles. The lowest BCUT2D eigenvalue weighted by Gasteiger charge is -2.20. The van der Waals surface area contributed by atoms with E-state index in [1.165, 1.54) is 0 Å². The molecule has 9 nitrogen and oxygen atoms in total. The van der Waals surface area contributed by atoms with Crippen LogP contribution in [0.3, 0.4) is 0 Å². The van der Waals surface area contributed by atoms with Crippen molar-refractivity contribution >= 4 is 17.9 Å². The number of nitrogens with two attached hydrogens (primary N) is 2. The van der Waals surface area contributed by atoms with E-state index in [0.29, 0.717) is 0 Å². The fourth-order valence-electron chi connectivity index (χ4n) is 1.25. The molecule has 0 aromatic carbocycles. The van der Waals surface area contributed by atoms with Crippen molar-refractivity contribution in [3.63, 3.8) is 0 Å². The van der Waals surface area contributed by atoms with Crippen LogP contribution in [-0.2, 0) is 14.3 Å². The number of carbonyl (C=O) groups excluding carboxylic acids is 3. The van der Waals surface area contributed by atoms with E-state index in [9.17, 15) is 19.5 Å². The van der Waals surface area contributed by atoms with Gasteiger partial charge in [-0.2, -0.15) is 0 Å². The van der Waals surface area contributed by atoms with Gasteiger partial charge in [0.1, 0.15) is 5.60 Å². The van der Waals surface area contributed by atoms with Gasteiger partial charge in [0.05, 0.1) is 18.6 Å². The van der Waals surface area contributed by atoms with Crippen LogP contribution < -0.4 is 22.1 Å². The lowest BCUT2D eigenvalue weighted by molar-refractivity contribution is -0.126. The van der Waals surface area contributed by atoms with Crippen LogP contribution >= 0.6 is 0 Å². The number of aliphatic hydroxyl groups is 1. The summed E-state index contributed by atoms with van der Waals surface area (Å²) in [6, 6.07) is -1.06. The first kappa shape index (κ1) is 19.1. The van der Waals surface area contributed by atoms with Crippen molar-refractivity contribution in [1.29, 1.82) is 0 Å². The normalized spacial score (nSPS) is 14.0. The van der Waals surface area contributed by atoms with Crippen molar-refractivity contribution in [3.8, 4) is 0 Å². The van der Waals surface area contributed by atoms with E-state index >= 15 is 0 Å². The van der Waals surface area contributed by atoms with Gasteiger partial charge in [0.15, 0.2) is 0 Å². The SMILES string of the molecule is CC(C)(C)OC(=O)NCC(O)CNC(=O)[C@@H](N)CC(N)=O. The molecule has 0 saturated carbocycles. The highest BCUT2D eigenvalue weighted by atomic mass is 16.6. The molecular weight excluding hydrogens is 280 g/mol. The third-order valence-corrected chi connectivity index (χ3v) is 2.15. The van der Waals surface area contributed by atoms with Crippen molar-refractivity contribution in [2.45, 2.75) is 44.9 Å². The van der Waals surface area contributed by atoms with Crippen molar-refractivity contribution in [3.05, 3.63) is 0 Å². The fraction of sp³-hybridized carbons (Fsp3) is 0.750. The summed E-state index contributed by atoms with van der Waals surface area (Å²) in [5, 5.41) is 14.3. The molecule has 0 bridgehead atoms. The van der Waals surface area contributed by atoms with Gasteiger partial charge >= 0.3 is 6.09 Å². The van der Waals surface area contributed by atoms with E-state index in [-0.39, 0.29) is 19.5 Å². The van der Waals surface area contributed by atoms with E-state index < -0.39 is 35.7 Å². The summed E-state index contributed by atoms with van der Waals surface area (Å²) >= 11 is 0. The number of primary amides is 1. The number of amides is 3. The Hall–Kier alpha value is -1.87. The van der Waals surface area contributed by atoms with Crippen LogP contribution in [0, 0.1) is 0 Å². The highest BCUT2D eigenvalue weighted by molar-refractivity contribution is 5.87. The summed E-state index contributed by atoms with van der Waals surface area (Å²) in [4.78, 5) is 33.4. The molecule has 0 aromatic rings. The molecule has 0 radical (unpaired) electrons. The van der Waals surface area contributed by atoms with Crippen LogP contribution in [0.2, 0.25) is 0 Å². The van der Waals surface area contributed by atoms with Crippen LogP contribution in [-0.4, -0.2) is 53.9 Å². The minimum Gasteiger partial charge on any atom is -0.444 e. The Morgan fingerprint density at radius 2 is 1.71 bits per heavy atom. The topological polar surface area (TPSA) is 157 Å². The summed E-state index contributed by atoms with van der Waals surface area (Å²) in [5.41, 5.74) is 9.69. The zero-order valence-corrected chi connectivity index (χ0v) is 12.5. The van der Waals surface area contributed by atoms with E-state index in [1.807, 2.05) is 0 Å². The van der Waals surface area contributed by atoms with Gasteiger partial charge in [-0.25, -0.2) is 4.79 Å². The third kappa shape index (κ3) is 10.6. The standard InChI is InChI=1S/C12H24N4O5/c1-12(2,3)21-11(20)16-6-7(17)5-15-10(19)8(13)4-9(14)18/h7-8,17H,4-6,13H2,1-3H3,(H2,14,18)(H,15,19)(H,16,20)/t7?,8-/m0/s1. The maximum absolute atomic E-state index is 11.4. The van der Waals surface area contributed by atoms with Gasteiger partial charge in [0.2, 0.25) is 11.8 Å². The molecule has 0 aliphatic carbocycles. The molecule has 3 amide bonds. The molecule has 9 heteroatoms. The van der Waals surface area contributed by atoms with E-state index in [2.05, 4.69) is 10.6 Å². The molecule has 0 spiro atoms. The number of rotatable bonds is 7. The predicted octanol–water partition coefficient (Wildman–Crippen LogP) is -1.81. The monoisotopic (exact) mass is 304 g/mol. The minimum absolute atomic E-state index is 0.0970.